The van der Waals surface area contributed by atoms with Gasteiger partial charge in [0.15, 0.2) is 0 Å². The topological polar surface area (TPSA) is 58.6 Å². The van der Waals surface area contributed by atoms with Crippen LogP contribution in [0.25, 0.3) is 6.08 Å². The summed E-state index contributed by atoms with van der Waals surface area (Å²) in [7, 11) is 0. The van der Waals surface area contributed by atoms with Gasteiger partial charge in [0.1, 0.15) is 12.4 Å². The van der Waals surface area contributed by atoms with E-state index in [-0.39, 0.29) is 5.91 Å². The van der Waals surface area contributed by atoms with Crippen LogP contribution in [0, 0.1) is 0 Å². The lowest BCUT2D eigenvalue weighted by Crippen LogP contribution is -2.48. The standard InChI is InChI=1S/C20H19ClN4O2/c21-17-3-4-18-16(13-17)12-15(14-27-18)2-5-19(26)24-8-10-25(11-9-24)20-22-6-1-7-23-20/h1-7,12-13H,8-11,14H2/b5-2+. The molecule has 0 radical (unpaired) electrons. The van der Waals surface area contributed by atoms with E-state index >= 15 is 0 Å². The number of hydrogen-bond acceptors (Lipinski definition) is 5. The maximum Gasteiger partial charge on any atom is 0.246 e. The Morgan fingerprint density at radius 1 is 1.15 bits per heavy atom. The van der Waals surface area contributed by atoms with E-state index in [4.69, 9.17) is 16.3 Å². The van der Waals surface area contributed by atoms with Gasteiger partial charge in [-0.15, -0.1) is 0 Å². The fourth-order valence-electron chi connectivity index (χ4n) is 3.13. The summed E-state index contributed by atoms with van der Waals surface area (Å²) in [5.41, 5.74) is 1.87. The van der Waals surface area contributed by atoms with E-state index in [0.29, 0.717) is 30.7 Å². The van der Waals surface area contributed by atoms with Gasteiger partial charge in [-0.3, -0.25) is 4.79 Å². The molecule has 6 nitrogen and oxygen atoms in total. The molecule has 1 saturated heterocycles. The second-order valence-corrected chi connectivity index (χ2v) is 6.82. The van der Waals surface area contributed by atoms with Gasteiger partial charge in [-0.2, -0.15) is 0 Å². The Kier molecular flexibility index (Phi) is 5.07. The van der Waals surface area contributed by atoms with Gasteiger partial charge in [0, 0.05) is 55.2 Å². The lowest BCUT2D eigenvalue weighted by atomic mass is 10.1. The Hall–Kier alpha value is -2.86. The summed E-state index contributed by atoms with van der Waals surface area (Å²) < 4.78 is 5.71. The molecular weight excluding hydrogens is 364 g/mol. The summed E-state index contributed by atoms with van der Waals surface area (Å²) in [6.07, 6.45) is 8.89. The van der Waals surface area contributed by atoms with Crippen LogP contribution in [0.5, 0.6) is 5.75 Å². The van der Waals surface area contributed by atoms with Gasteiger partial charge in [-0.05, 0) is 35.9 Å². The van der Waals surface area contributed by atoms with E-state index in [1.165, 1.54) is 0 Å². The third-order valence-electron chi connectivity index (χ3n) is 4.57. The van der Waals surface area contributed by atoms with Crippen molar-refractivity contribution in [2.75, 3.05) is 37.7 Å². The molecule has 0 unspecified atom stereocenters. The number of piperazine rings is 1. The average Bonchev–Trinajstić information content (AvgIpc) is 2.72. The summed E-state index contributed by atoms with van der Waals surface area (Å²) in [6, 6.07) is 7.31. The van der Waals surface area contributed by atoms with Gasteiger partial charge in [0.2, 0.25) is 11.9 Å². The molecule has 4 rings (SSSR count). The monoisotopic (exact) mass is 382 g/mol. The predicted molar refractivity (Wildman–Crippen MR) is 105 cm³/mol. The number of hydrogen-bond donors (Lipinski definition) is 0. The highest BCUT2D eigenvalue weighted by Crippen LogP contribution is 2.29. The normalized spacial score (nSPS) is 16.7. The Balaban J connectivity index is 1.36. The Labute approximate surface area is 162 Å². The molecule has 0 atom stereocenters. The second-order valence-electron chi connectivity index (χ2n) is 6.38. The largest absolute Gasteiger partial charge is 0.488 e. The maximum atomic E-state index is 12.5. The summed E-state index contributed by atoms with van der Waals surface area (Å²) in [5, 5.41) is 0.662. The number of ether oxygens (including phenoxy) is 1. The number of benzene rings is 1. The fourth-order valence-corrected chi connectivity index (χ4v) is 3.31. The smallest absolute Gasteiger partial charge is 0.246 e. The first-order valence-electron chi connectivity index (χ1n) is 8.81. The lowest BCUT2D eigenvalue weighted by molar-refractivity contribution is -0.126. The van der Waals surface area contributed by atoms with Crippen LogP contribution in [-0.2, 0) is 4.79 Å². The molecule has 0 spiro atoms. The molecule has 1 amide bonds. The van der Waals surface area contributed by atoms with Crippen molar-refractivity contribution in [3.05, 3.63) is 65.0 Å². The zero-order valence-electron chi connectivity index (χ0n) is 14.7. The first kappa shape index (κ1) is 17.5. The Bertz CT molecular complexity index is 890. The van der Waals surface area contributed by atoms with Gasteiger partial charge in [0.25, 0.3) is 0 Å². The molecule has 7 heteroatoms. The van der Waals surface area contributed by atoms with Crippen LogP contribution in [0.4, 0.5) is 5.95 Å². The van der Waals surface area contributed by atoms with Crippen LogP contribution in [0.3, 0.4) is 0 Å². The van der Waals surface area contributed by atoms with Crippen LogP contribution < -0.4 is 9.64 Å². The molecule has 2 aliphatic heterocycles. The van der Waals surface area contributed by atoms with Crippen LogP contribution >= 0.6 is 11.6 Å². The van der Waals surface area contributed by atoms with Crippen LogP contribution in [0.15, 0.2) is 54.4 Å². The predicted octanol–water partition coefficient (Wildman–Crippen LogP) is 2.81. The van der Waals surface area contributed by atoms with Gasteiger partial charge >= 0.3 is 0 Å². The Morgan fingerprint density at radius 3 is 2.70 bits per heavy atom. The molecule has 1 aromatic carbocycles. The molecule has 27 heavy (non-hydrogen) atoms. The number of halogens is 1. The number of nitrogens with zero attached hydrogens (tertiary/aromatic N) is 4. The van der Waals surface area contributed by atoms with Crippen molar-refractivity contribution in [2.45, 2.75) is 0 Å². The molecule has 0 bridgehead atoms. The quantitative estimate of drug-likeness (QED) is 0.764. The number of carbonyl (C=O) groups excluding carboxylic acids is 1. The van der Waals surface area contributed by atoms with Gasteiger partial charge in [-0.1, -0.05) is 17.7 Å². The lowest BCUT2D eigenvalue weighted by Gasteiger charge is -2.34. The van der Waals surface area contributed by atoms with E-state index < -0.39 is 0 Å². The van der Waals surface area contributed by atoms with Crippen molar-refractivity contribution in [1.29, 1.82) is 0 Å². The number of carbonyl (C=O) groups is 1. The van der Waals surface area contributed by atoms with Crippen molar-refractivity contribution < 1.29 is 9.53 Å². The molecule has 1 aromatic heterocycles. The van der Waals surface area contributed by atoms with Gasteiger partial charge in [0.05, 0.1) is 0 Å². The van der Waals surface area contributed by atoms with E-state index in [2.05, 4.69) is 14.9 Å². The fraction of sp³-hybridized carbons (Fsp3) is 0.250. The zero-order chi connectivity index (χ0) is 18.6. The van der Waals surface area contributed by atoms with Crippen LogP contribution in [-0.4, -0.2) is 53.6 Å². The highest BCUT2D eigenvalue weighted by atomic mass is 35.5. The minimum absolute atomic E-state index is 0.00132. The number of rotatable bonds is 3. The molecule has 0 N–H and O–H groups in total. The van der Waals surface area contributed by atoms with Crippen LogP contribution in [0.2, 0.25) is 5.02 Å². The first-order valence-corrected chi connectivity index (χ1v) is 9.19. The van der Waals surface area contributed by atoms with Crippen LogP contribution in [0.1, 0.15) is 5.56 Å². The van der Waals surface area contributed by atoms with Crippen molar-refractivity contribution in [3.63, 3.8) is 0 Å². The minimum Gasteiger partial charge on any atom is -0.488 e. The van der Waals surface area contributed by atoms with Crippen molar-refractivity contribution in [1.82, 2.24) is 14.9 Å². The highest BCUT2D eigenvalue weighted by molar-refractivity contribution is 6.30. The van der Waals surface area contributed by atoms with E-state index in [9.17, 15) is 4.79 Å². The molecule has 0 aliphatic carbocycles. The average molecular weight is 383 g/mol. The molecular formula is C20H19ClN4O2. The molecule has 2 aromatic rings. The summed E-state index contributed by atoms with van der Waals surface area (Å²) >= 11 is 6.03. The van der Waals surface area contributed by atoms with Gasteiger partial charge < -0.3 is 14.5 Å². The van der Waals surface area contributed by atoms with Crippen molar-refractivity contribution in [2.24, 2.45) is 0 Å². The molecule has 2 aliphatic rings. The Morgan fingerprint density at radius 2 is 1.93 bits per heavy atom. The van der Waals surface area contributed by atoms with E-state index in [1.54, 1.807) is 30.6 Å². The number of amides is 1. The highest BCUT2D eigenvalue weighted by Gasteiger charge is 2.21. The number of aromatic nitrogens is 2. The van der Waals surface area contributed by atoms with E-state index in [1.807, 2.05) is 29.2 Å². The third-order valence-corrected chi connectivity index (χ3v) is 4.81. The van der Waals surface area contributed by atoms with Crippen molar-refractivity contribution >= 4 is 29.5 Å². The SMILES string of the molecule is O=C(/C=C/C1=Cc2cc(Cl)ccc2OC1)N1CCN(c2ncccn2)CC1. The number of anilines is 1. The second kappa shape index (κ2) is 7.80. The van der Waals surface area contributed by atoms with Crippen molar-refractivity contribution in [3.8, 4) is 5.75 Å². The molecule has 138 valence electrons. The number of fused-ring (bicyclic) bond motifs is 1. The molecule has 3 heterocycles. The molecule has 1 fully saturated rings. The summed E-state index contributed by atoms with van der Waals surface area (Å²) in [6.45, 7) is 3.19. The first-order chi connectivity index (χ1) is 13.2. The van der Waals surface area contributed by atoms with Gasteiger partial charge in [-0.25, -0.2) is 9.97 Å². The maximum absolute atomic E-state index is 12.5. The summed E-state index contributed by atoms with van der Waals surface area (Å²) in [4.78, 5) is 24.9. The third kappa shape index (κ3) is 4.11. The molecule has 0 saturated carbocycles. The summed E-state index contributed by atoms with van der Waals surface area (Å²) in [5.74, 6) is 1.52. The minimum atomic E-state index is 0.00132. The van der Waals surface area contributed by atoms with E-state index in [0.717, 1.165) is 30.0 Å². The zero-order valence-corrected chi connectivity index (χ0v) is 15.5.